The van der Waals surface area contributed by atoms with Crippen molar-refractivity contribution in [3.05, 3.63) is 54.6 Å². The highest BCUT2D eigenvalue weighted by Gasteiger charge is 2.46. The number of benzene rings is 2. The van der Waals surface area contributed by atoms with Crippen LogP contribution in [0.4, 0.5) is 5.69 Å². The minimum atomic E-state index is -0.766. The number of carbonyl (C=O) groups is 3. The summed E-state index contributed by atoms with van der Waals surface area (Å²) in [6.07, 6.45) is 4.88. The van der Waals surface area contributed by atoms with Crippen molar-refractivity contribution in [1.29, 1.82) is 0 Å². The number of carbonyl (C=O) groups excluding carboxylic acids is 3. The normalized spacial score (nSPS) is 19.4. The highest BCUT2D eigenvalue weighted by molar-refractivity contribution is 7.99. The van der Waals surface area contributed by atoms with Crippen molar-refractivity contribution in [1.82, 2.24) is 9.88 Å². The minimum Gasteiger partial charge on any atom is -0.431 e. The van der Waals surface area contributed by atoms with Crippen molar-refractivity contribution in [2.24, 2.45) is 0 Å². The number of rotatable bonds is 6. The van der Waals surface area contributed by atoms with Crippen LogP contribution in [-0.4, -0.2) is 45.4 Å². The molecule has 8 heteroatoms. The number of para-hydroxylation sites is 3. The number of aromatic nitrogens is 1. The molecule has 5 rings (SSSR count). The number of amides is 3. The van der Waals surface area contributed by atoms with Crippen LogP contribution in [0.25, 0.3) is 11.1 Å². The fourth-order valence-electron chi connectivity index (χ4n) is 4.78. The molecule has 2 aliphatic rings. The van der Waals surface area contributed by atoms with Crippen molar-refractivity contribution >= 4 is 46.3 Å². The van der Waals surface area contributed by atoms with Gasteiger partial charge in [-0.05, 0) is 37.1 Å². The lowest BCUT2D eigenvalue weighted by molar-refractivity contribution is -0.139. The molecule has 33 heavy (non-hydrogen) atoms. The molecule has 1 aliphatic carbocycles. The molecule has 0 unspecified atom stereocenters. The third kappa shape index (κ3) is 4.39. The van der Waals surface area contributed by atoms with Gasteiger partial charge in [0.05, 0.1) is 17.9 Å². The van der Waals surface area contributed by atoms with Gasteiger partial charge in [0.25, 0.3) is 11.1 Å². The number of thioether (sulfide) groups is 1. The molecule has 1 atom stereocenters. The Kier molecular flexibility index (Phi) is 6.17. The van der Waals surface area contributed by atoms with E-state index in [0.29, 0.717) is 16.5 Å². The largest absolute Gasteiger partial charge is 0.431 e. The number of hydrogen-bond acceptors (Lipinski definition) is 6. The molecule has 0 radical (unpaired) electrons. The third-order valence-corrected chi connectivity index (χ3v) is 7.14. The van der Waals surface area contributed by atoms with E-state index in [1.807, 2.05) is 30.3 Å². The Morgan fingerprint density at radius 1 is 1.03 bits per heavy atom. The molecule has 0 spiro atoms. The quantitative estimate of drug-likeness (QED) is 0.398. The fourth-order valence-corrected chi connectivity index (χ4v) is 5.49. The average Bonchev–Trinajstić information content (AvgIpc) is 3.39. The molecule has 3 aromatic rings. The van der Waals surface area contributed by atoms with Crippen molar-refractivity contribution in [3.63, 3.8) is 0 Å². The summed E-state index contributed by atoms with van der Waals surface area (Å²) >= 11 is 1.23. The highest BCUT2D eigenvalue weighted by Crippen LogP contribution is 2.32. The van der Waals surface area contributed by atoms with Gasteiger partial charge in [0.1, 0.15) is 11.6 Å². The zero-order chi connectivity index (χ0) is 22.8. The number of hydrogen-bond donors (Lipinski definition) is 0. The van der Waals surface area contributed by atoms with Crippen LogP contribution in [0.5, 0.6) is 0 Å². The molecule has 2 fully saturated rings. The first kappa shape index (κ1) is 21.7. The van der Waals surface area contributed by atoms with Gasteiger partial charge in [-0.1, -0.05) is 61.4 Å². The lowest BCUT2D eigenvalue weighted by atomic mass is 9.92. The van der Waals surface area contributed by atoms with Gasteiger partial charge >= 0.3 is 0 Å². The predicted molar refractivity (Wildman–Crippen MR) is 126 cm³/mol. The summed E-state index contributed by atoms with van der Waals surface area (Å²) in [6.45, 7) is 0. The van der Waals surface area contributed by atoms with Crippen LogP contribution in [-0.2, 0) is 14.4 Å². The summed E-state index contributed by atoms with van der Waals surface area (Å²) < 4.78 is 5.73. The Balaban J connectivity index is 1.36. The topological polar surface area (TPSA) is 83.7 Å². The number of fused-ring (bicyclic) bond motifs is 1. The second kappa shape index (κ2) is 9.39. The molecule has 1 aromatic heterocycles. The second-order valence-corrected chi connectivity index (χ2v) is 9.38. The monoisotopic (exact) mass is 463 g/mol. The Bertz CT molecular complexity index is 1140. The minimum absolute atomic E-state index is 0.0174. The lowest BCUT2D eigenvalue weighted by Crippen LogP contribution is -2.52. The van der Waals surface area contributed by atoms with E-state index in [4.69, 9.17) is 4.42 Å². The molecule has 1 aliphatic heterocycles. The van der Waals surface area contributed by atoms with E-state index in [2.05, 4.69) is 4.98 Å². The molecule has 3 amide bonds. The first-order valence-electron chi connectivity index (χ1n) is 11.3. The maximum atomic E-state index is 13.5. The number of anilines is 1. The van der Waals surface area contributed by atoms with Crippen LogP contribution in [0.1, 0.15) is 38.5 Å². The van der Waals surface area contributed by atoms with Gasteiger partial charge in [-0.25, -0.2) is 9.88 Å². The Hall–Kier alpha value is -3.13. The molecule has 0 N–H and O–H groups in total. The molecule has 1 saturated heterocycles. The van der Waals surface area contributed by atoms with Crippen molar-refractivity contribution in [3.8, 4) is 0 Å². The third-order valence-electron chi connectivity index (χ3n) is 6.32. The molecular formula is C25H25N3O4S. The second-order valence-electron chi connectivity index (χ2n) is 8.45. The number of oxazole rings is 1. The molecule has 2 heterocycles. The van der Waals surface area contributed by atoms with E-state index >= 15 is 0 Å². The van der Waals surface area contributed by atoms with Gasteiger partial charge in [0, 0.05) is 6.04 Å². The van der Waals surface area contributed by atoms with Crippen LogP contribution >= 0.6 is 11.8 Å². The highest BCUT2D eigenvalue weighted by atomic mass is 32.2. The van der Waals surface area contributed by atoms with E-state index in [9.17, 15) is 14.4 Å². The van der Waals surface area contributed by atoms with E-state index in [-0.39, 0.29) is 35.9 Å². The molecule has 0 bridgehead atoms. The van der Waals surface area contributed by atoms with Gasteiger partial charge in [-0.3, -0.25) is 14.4 Å². The van der Waals surface area contributed by atoms with Gasteiger partial charge in [0.2, 0.25) is 11.8 Å². The maximum absolute atomic E-state index is 13.5. The summed E-state index contributed by atoms with van der Waals surface area (Å²) in [6, 6.07) is 15.6. The maximum Gasteiger partial charge on any atom is 0.257 e. The van der Waals surface area contributed by atoms with Gasteiger partial charge in [0.15, 0.2) is 5.58 Å². The summed E-state index contributed by atoms with van der Waals surface area (Å²) in [5.41, 5.74) is 1.96. The van der Waals surface area contributed by atoms with E-state index < -0.39 is 6.04 Å². The predicted octanol–water partition coefficient (Wildman–Crippen LogP) is 4.41. The Labute approximate surface area is 196 Å². The number of nitrogens with zero attached hydrogens (tertiary/aromatic N) is 3. The molecule has 2 aromatic carbocycles. The van der Waals surface area contributed by atoms with E-state index in [1.54, 1.807) is 29.2 Å². The molecule has 7 nitrogen and oxygen atoms in total. The molecular weight excluding hydrogens is 438 g/mol. The SMILES string of the molecule is O=C1C[C@H](N(C(=O)CSc2nc3ccccc3o2)C2CCCCC2)C(=O)N1c1ccccc1. The van der Waals surface area contributed by atoms with Gasteiger partial charge < -0.3 is 9.32 Å². The van der Waals surface area contributed by atoms with E-state index in [0.717, 1.165) is 37.6 Å². The first-order chi connectivity index (χ1) is 16.1. The summed E-state index contributed by atoms with van der Waals surface area (Å²) in [7, 11) is 0. The van der Waals surface area contributed by atoms with Gasteiger partial charge in [-0.2, -0.15) is 0 Å². The number of imide groups is 1. The van der Waals surface area contributed by atoms with Crippen LogP contribution < -0.4 is 4.90 Å². The fraction of sp³-hybridized carbons (Fsp3) is 0.360. The van der Waals surface area contributed by atoms with Crippen molar-refractivity contribution < 1.29 is 18.8 Å². The molecule has 170 valence electrons. The van der Waals surface area contributed by atoms with Crippen LogP contribution in [0.2, 0.25) is 0 Å². The Morgan fingerprint density at radius 2 is 1.76 bits per heavy atom. The summed E-state index contributed by atoms with van der Waals surface area (Å²) in [4.78, 5) is 47.0. The van der Waals surface area contributed by atoms with Crippen molar-refractivity contribution in [2.75, 3.05) is 10.7 Å². The molecule has 1 saturated carbocycles. The lowest BCUT2D eigenvalue weighted by Gasteiger charge is -2.37. The van der Waals surface area contributed by atoms with Crippen LogP contribution in [0.3, 0.4) is 0 Å². The van der Waals surface area contributed by atoms with Crippen LogP contribution in [0, 0.1) is 0 Å². The summed E-state index contributed by atoms with van der Waals surface area (Å²) in [5.74, 6) is -0.643. The standard InChI is InChI=1S/C25H25N3O4S/c29-22-15-20(24(31)28(22)18-11-5-2-6-12-18)27(17-9-3-1-4-10-17)23(30)16-33-25-26-19-13-7-8-14-21(19)32-25/h2,5-8,11-14,17,20H,1,3-4,9-10,15-16H2/t20-/m0/s1. The average molecular weight is 464 g/mol. The smallest absolute Gasteiger partial charge is 0.257 e. The van der Waals surface area contributed by atoms with Gasteiger partial charge in [-0.15, -0.1) is 0 Å². The first-order valence-corrected chi connectivity index (χ1v) is 12.3. The van der Waals surface area contributed by atoms with Crippen molar-refractivity contribution in [2.45, 2.75) is 55.8 Å². The van der Waals surface area contributed by atoms with Crippen LogP contribution in [0.15, 0.2) is 64.2 Å². The zero-order valence-electron chi connectivity index (χ0n) is 18.2. The Morgan fingerprint density at radius 3 is 2.52 bits per heavy atom. The zero-order valence-corrected chi connectivity index (χ0v) is 19.0. The summed E-state index contributed by atoms with van der Waals surface area (Å²) in [5, 5.41) is 0.424. The van der Waals surface area contributed by atoms with E-state index in [1.165, 1.54) is 16.7 Å².